The molecule has 22 heavy (non-hydrogen) atoms. The highest BCUT2D eigenvalue weighted by molar-refractivity contribution is 5.86. The van der Waals surface area contributed by atoms with Crippen molar-refractivity contribution >= 4 is 11.9 Å². The molecule has 0 spiro atoms. The molecule has 1 atom stereocenters. The number of carbonyl (C=O) groups excluding carboxylic acids is 2. The molecule has 0 saturated heterocycles. The van der Waals surface area contributed by atoms with E-state index in [1.165, 1.54) is 12.5 Å². The summed E-state index contributed by atoms with van der Waals surface area (Å²) in [7, 11) is 0. The van der Waals surface area contributed by atoms with Gasteiger partial charge in [-0.3, -0.25) is 9.59 Å². The monoisotopic (exact) mass is 305 g/mol. The first kappa shape index (κ1) is 16.3. The minimum Gasteiger partial charge on any atom is -0.493 e. The Morgan fingerprint density at radius 2 is 2.14 bits per heavy atom. The van der Waals surface area contributed by atoms with Gasteiger partial charge >= 0.3 is 5.97 Å². The number of nitrogens with one attached hydrogen (secondary N) is 1. The van der Waals surface area contributed by atoms with Crippen LogP contribution in [-0.2, 0) is 27.2 Å². The van der Waals surface area contributed by atoms with E-state index in [1.54, 1.807) is 13.8 Å². The number of hydrogen-bond donors (Lipinski definition) is 1. The first-order valence-corrected chi connectivity index (χ1v) is 7.53. The van der Waals surface area contributed by atoms with Crippen LogP contribution in [0.4, 0.5) is 0 Å². The highest BCUT2D eigenvalue weighted by atomic mass is 16.6. The van der Waals surface area contributed by atoms with Crippen LogP contribution in [0, 0.1) is 0 Å². The largest absolute Gasteiger partial charge is 0.493 e. The predicted molar refractivity (Wildman–Crippen MR) is 82.8 cm³/mol. The number of carbonyl (C=O) groups is 2. The normalized spacial score (nSPS) is 14.7. The number of ether oxygens (including phenoxy) is 2. The van der Waals surface area contributed by atoms with Crippen LogP contribution in [-0.4, -0.2) is 30.1 Å². The van der Waals surface area contributed by atoms with Gasteiger partial charge in [0.2, 0.25) is 0 Å². The Labute approximate surface area is 131 Å². The first-order chi connectivity index (χ1) is 10.3. The minimum absolute atomic E-state index is 0.0531. The summed E-state index contributed by atoms with van der Waals surface area (Å²) in [5, 5.41) is 2.89. The van der Waals surface area contributed by atoms with Crippen LogP contribution in [0.5, 0.6) is 5.75 Å². The Bertz CT molecular complexity index is 580. The van der Waals surface area contributed by atoms with Crippen LogP contribution >= 0.6 is 0 Å². The van der Waals surface area contributed by atoms with E-state index in [0.717, 1.165) is 30.8 Å². The summed E-state index contributed by atoms with van der Waals surface area (Å²) in [5.74, 6) is 0.197. The number of fused-ring (bicyclic) bond motifs is 1. The molecule has 1 aromatic rings. The maximum absolute atomic E-state index is 12.2. The van der Waals surface area contributed by atoms with Gasteiger partial charge < -0.3 is 14.8 Å². The molecule has 0 saturated carbocycles. The van der Waals surface area contributed by atoms with Crippen LogP contribution in [0.15, 0.2) is 18.2 Å². The van der Waals surface area contributed by atoms with Crippen LogP contribution < -0.4 is 10.1 Å². The molecule has 1 aliphatic rings. The molecule has 1 N–H and O–H groups in total. The number of benzene rings is 1. The van der Waals surface area contributed by atoms with E-state index in [2.05, 4.69) is 11.4 Å². The molecule has 0 bridgehead atoms. The van der Waals surface area contributed by atoms with Gasteiger partial charge in [0, 0.05) is 19.4 Å². The van der Waals surface area contributed by atoms with Crippen molar-refractivity contribution in [2.45, 2.75) is 52.2 Å². The average molecular weight is 305 g/mol. The molecule has 5 nitrogen and oxygen atoms in total. The maximum Gasteiger partial charge on any atom is 0.303 e. The molecule has 2 rings (SSSR count). The lowest BCUT2D eigenvalue weighted by molar-refractivity contribution is -0.163. The lowest BCUT2D eigenvalue weighted by Gasteiger charge is -2.25. The zero-order valence-corrected chi connectivity index (χ0v) is 13.6. The van der Waals surface area contributed by atoms with Gasteiger partial charge in [-0.25, -0.2) is 0 Å². The second-order valence-corrected chi connectivity index (χ2v) is 6.22. The van der Waals surface area contributed by atoms with Crippen molar-refractivity contribution in [3.63, 3.8) is 0 Å². The molecule has 1 heterocycles. The molecule has 5 heteroatoms. The number of esters is 1. The van der Waals surface area contributed by atoms with Crippen molar-refractivity contribution < 1.29 is 19.1 Å². The minimum atomic E-state index is -1.16. The summed E-state index contributed by atoms with van der Waals surface area (Å²) >= 11 is 0. The van der Waals surface area contributed by atoms with Gasteiger partial charge in [-0.15, -0.1) is 0 Å². The highest BCUT2D eigenvalue weighted by Crippen LogP contribution is 2.26. The summed E-state index contributed by atoms with van der Waals surface area (Å²) < 4.78 is 10.5. The van der Waals surface area contributed by atoms with E-state index in [4.69, 9.17) is 9.47 Å². The van der Waals surface area contributed by atoms with Crippen molar-refractivity contribution in [3.05, 3.63) is 29.3 Å². The van der Waals surface area contributed by atoms with Crippen LogP contribution in [0.25, 0.3) is 0 Å². The van der Waals surface area contributed by atoms with E-state index in [-0.39, 0.29) is 11.9 Å². The quantitative estimate of drug-likeness (QED) is 0.845. The molecule has 0 radical (unpaired) electrons. The van der Waals surface area contributed by atoms with Crippen molar-refractivity contribution in [3.8, 4) is 5.75 Å². The second-order valence-electron chi connectivity index (χ2n) is 6.22. The molecule has 1 aromatic carbocycles. The molecule has 0 aromatic heterocycles. The fraction of sp³-hybridized carbons (Fsp3) is 0.529. The topological polar surface area (TPSA) is 64.6 Å². The van der Waals surface area contributed by atoms with Gasteiger partial charge in [-0.05, 0) is 44.4 Å². The van der Waals surface area contributed by atoms with E-state index in [1.807, 2.05) is 19.1 Å². The number of amides is 1. The van der Waals surface area contributed by atoms with E-state index < -0.39 is 11.6 Å². The molecular weight excluding hydrogens is 282 g/mol. The molecule has 1 amide bonds. The maximum atomic E-state index is 12.2. The van der Waals surface area contributed by atoms with Gasteiger partial charge in [0.25, 0.3) is 5.91 Å². The predicted octanol–water partition coefficient (Wildman–Crippen LogP) is 2.01. The third kappa shape index (κ3) is 4.00. The fourth-order valence-electron chi connectivity index (χ4n) is 2.57. The van der Waals surface area contributed by atoms with Gasteiger partial charge in [0.15, 0.2) is 5.60 Å². The zero-order chi connectivity index (χ0) is 16.3. The van der Waals surface area contributed by atoms with Crippen molar-refractivity contribution in [2.75, 3.05) is 6.61 Å². The lowest BCUT2D eigenvalue weighted by Crippen LogP contribution is -2.48. The molecule has 0 aliphatic carbocycles. The van der Waals surface area contributed by atoms with Crippen LogP contribution in [0.3, 0.4) is 0 Å². The smallest absolute Gasteiger partial charge is 0.303 e. The summed E-state index contributed by atoms with van der Waals surface area (Å²) in [6, 6.07) is 6.07. The molecule has 1 aliphatic heterocycles. The summed E-state index contributed by atoms with van der Waals surface area (Å²) in [4.78, 5) is 23.2. The summed E-state index contributed by atoms with van der Waals surface area (Å²) in [5.41, 5.74) is 1.21. The van der Waals surface area contributed by atoms with Gasteiger partial charge in [-0.2, -0.15) is 0 Å². The fourth-order valence-corrected chi connectivity index (χ4v) is 2.57. The third-order valence-electron chi connectivity index (χ3n) is 3.62. The first-order valence-electron chi connectivity index (χ1n) is 7.53. The van der Waals surface area contributed by atoms with Crippen molar-refractivity contribution in [1.82, 2.24) is 5.32 Å². The summed E-state index contributed by atoms with van der Waals surface area (Å²) in [6.07, 6.45) is 1.65. The average Bonchev–Trinajstić information content (AvgIpc) is 2.84. The Hall–Kier alpha value is -2.04. The molecule has 120 valence electrons. The van der Waals surface area contributed by atoms with Gasteiger partial charge in [0.05, 0.1) is 6.61 Å². The SMILES string of the molecule is CC(=O)OC(C)(C)C(=O)NC(C)Cc1ccc2c(c1)CCO2. The lowest BCUT2D eigenvalue weighted by atomic mass is 10.0. The standard InChI is InChI=1S/C17H23NO4/c1-11(18-16(20)17(3,4)22-12(2)19)9-13-5-6-15-14(10-13)7-8-21-15/h5-6,10-11H,7-9H2,1-4H3,(H,18,20). The molecular formula is C17H23NO4. The van der Waals surface area contributed by atoms with E-state index in [9.17, 15) is 9.59 Å². The summed E-state index contributed by atoms with van der Waals surface area (Å²) in [6.45, 7) is 7.14. The molecule has 0 fully saturated rings. The van der Waals surface area contributed by atoms with Crippen LogP contribution in [0.2, 0.25) is 0 Å². The van der Waals surface area contributed by atoms with E-state index >= 15 is 0 Å². The Morgan fingerprint density at radius 3 is 2.82 bits per heavy atom. The molecule has 1 unspecified atom stereocenters. The van der Waals surface area contributed by atoms with Crippen molar-refractivity contribution in [2.24, 2.45) is 0 Å². The van der Waals surface area contributed by atoms with Crippen LogP contribution in [0.1, 0.15) is 38.8 Å². The third-order valence-corrected chi connectivity index (χ3v) is 3.62. The Kier molecular flexibility index (Phi) is 4.74. The van der Waals surface area contributed by atoms with Crippen molar-refractivity contribution in [1.29, 1.82) is 0 Å². The van der Waals surface area contributed by atoms with Gasteiger partial charge in [0.1, 0.15) is 5.75 Å². The zero-order valence-electron chi connectivity index (χ0n) is 13.6. The Morgan fingerprint density at radius 1 is 1.41 bits per heavy atom. The number of rotatable bonds is 5. The number of hydrogen-bond acceptors (Lipinski definition) is 4. The van der Waals surface area contributed by atoms with E-state index in [0.29, 0.717) is 0 Å². The second kappa shape index (κ2) is 6.38. The van der Waals surface area contributed by atoms with Gasteiger partial charge in [-0.1, -0.05) is 12.1 Å². The Balaban J connectivity index is 1.93. The highest BCUT2D eigenvalue weighted by Gasteiger charge is 2.31.